The van der Waals surface area contributed by atoms with Crippen molar-refractivity contribution in [2.45, 2.75) is 18.4 Å². The van der Waals surface area contributed by atoms with E-state index in [1.54, 1.807) is 19.2 Å². The Kier molecular flexibility index (Phi) is 6.12. The van der Waals surface area contributed by atoms with Crippen molar-refractivity contribution in [2.75, 3.05) is 5.32 Å². The lowest BCUT2D eigenvalue weighted by atomic mass is 10.2. The number of rotatable bonds is 6. The molecule has 3 aromatic heterocycles. The third-order valence-electron chi connectivity index (χ3n) is 6.05. The van der Waals surface area contributed by atoms with Gasteiger partial charge in [0.2, 0.25) is 11.9 Å². The van der Waals surface area contributed by atoms with Gasteiger partial charge in [-0.05, 0) is 42.5 Å². The summed E-state index contributed by atoms with van der Waals surface area (Å²) in [5, 5.41) is 4.38. The van der Waals surface area contributed by atoms with Crippen molar-refractivity contribution in [1.82, 2.24) is 28.4 Å². The third kappa shape index (κ3) is 4.35. The molecular weight excluding hydrogens is 534 g/mol. The summed E-state index contributed by atoms with van der Waals surface area (Å²) in [5.74, 6) is -0.434. The molecule has 3 heterocycles. The number of carbonyl (C=O) groups is 1. The van der Waals surface area contributed by atoms with E-state index in [-0.39, 0.29) is 28.6 Å². The number of H-pyrrole nitrogens is 1. The minimum absolute atomic E-state index is 0.00460. The van der Waals surface area contributed by atoms with E-state index < -0.39 is 27.2 Å². The fourth-order valence-corrected chi connectivity index (χ4v) is 5.44. The molecule has 0 aliphatic carbocycles. The summed E-state index contributed by atoms with van der Waals surface area (Å²) in [5.41, 5.74) is 1.24. The van der Waals surface area contributed by atoms with Crippen LogP contribution in [0.5, 0.6) is 0 Å². The van der Waals surface area contributed by atoms with Gasteiger partial charge in [0.15, 0.2) is 11.2 Å². The van der Waals surface area contributed by atoms with Crippen LogP contribution in [0.1, 0.15) is 12.6 Å². The Morgan fingerprint density at radius 1 is 1.08 bits per heavy atom. The number of nitrogens with one attached hydrogen (secondary N) is 3. The first-order chi connectivity index (χ1) is 18.0. The first-order valence-corrected chi connectivity index (χ1v) is 13.1. The highest BCUT2D eigenvalue weighted by Gasteiger charge is 2.20. The van der Waals surface area contributed by atoms with E-state index in [1.165, 1.54) is 40.4 Å². The van der Waals surface area contributed by atoms with Crippen LogP contribution in [0.2, 0.25) is 5.02 Å². The zero-order chi connectivity index (χ0) is 27.4. The van der Waals surface area contributed by atoms with Crippen LogP contribution in [-0.2, 0) is 35.5 Å². The molecule has 0 spiro atoms. The molecule has 0 fully saturated rings. The summed E-state index contributed by atoms with van der Waals surface area (Å²) in [6.07, 6.45) is 0. The minimum Gasteiger partial charge on any atom is -0.357 e. The van der Waals surface area contributed by atoms with E-state index >= 15 is 0 Å². The van der Waals surface area contributed by atoms with Crippen LogP contribution in [0, 0.1) is 0 Å². The predicted molar refractivity (Wildman–Crippen MR) is 143 cm³/mol. The number of carbonyl (C=O) groups excluding carboxylic acids is 1. The van der Waals surface area contributed by atoms with Crippen LogP contribution < -0.4 is 21.3 Å². The average Bonchev–Trinajstić information content (AvgIpc) is 3.42. The number of anilines is 2. The van der Waals surface area contributed by atoms with Crippen molar-refractivity contribution >= 4 is 61.2 Å². The van der Waals surface area contributed by atoms with Gasteiger partial charge in [0.05, 0.1) is 11.4 Å². The van der Waals surface area contributed by atoms with Gasteiger partial charge in [0.1, 0.15) is 0 Å². The third-order valence-corrected chi connectivity index (χ3v) is 7.83. The molecule has 0 aliphatic rings. The summed E-state index contributed by atoms with van der Waals surface area (Å²) in [7, 11) is -0.816. The van der Waals surface area contributed by atoms with Crippen LogP contribution in [-0.4, -0.2) is 38.0 Å². The summed E-state index contributed by atoms with van der Waals surface area (Å²) >= 11 is 6.26. The fourth-order valence-electron chi connectivity index (χ4n) is 4.22. The maximum Gasteiger partial charge on any atom is 0.332 e. The minimum atomic E-state index is -3.98. The predicted octanol–water partition coefficient (Wildman–Crippen LogP) is 2.19. The van der Waals surface area contributed by atoms with Crippen LogP contribution in [0.15, 0.2) is 63.0 Å². The standard InChI is InChI=1S/C24H22ClN7O5S/c1-13(33)29-38(36,37)16-9-7-14(8-10-16)27-23-28-21-20(30(23)2)22(34)32(24(35)31(21)3)12-15-11-17-18(25)5-4-6-19(17)26-15/h4-11,26H,12H2,1-3H3,(H,27,28)(H,29,33). The molecule has 196 valence electrons. The van der Waals surface area contributed by atoms with Gasteiger partial charge in [-0.1, -0.05) is 17.7 Å². The number of amides is 1. The number of hydrogen-bond donors (Lipinski definition) is 3. The fraction of sp³-hybridized carbons (Fsp3) is 0.167. The van der Waals surface area contributed by atoms with E-state index in [9.17, 15) is 22.8 Å². The number of fused-ring (bicyclic) bond motifs is 2. The molecule has 38 heavy (non-hydrogen) atoms. The molecule has 0 aliphatic heterocycles. The van der Waals surface area contributed by atoms with Gasteiger partial charge in [-0.3, -0.25) is 18.7 Å². The number of nitrogens with zero attached hydrogens (tertiary/aromatic N) is 4. The van der Waals surface area contributed by atoms with Gasteiger partial charge in [-0.2, -0.15) is 4.98 Å². The van der Waals surface area contributed by atoms with E-state index in [4.69, 9.17) is 11.6 Å². The lowest BCUT2D eigenvalue weighted by molar-refractivity contribution is -0.117. The Labute approximate surface area is 220 Å². The highest BCUT2D eigenvalue weighted by molar-refractivity contribution is 7.90. The van der Waals surface area contributed by atoms with Gasteiger partial charge in [0, 0.05) is 48.3 Å². The first-order valence-electron chi connectivity index (χ1n) is 11.3. The lowest BCUT2D eigenvalue weighted by Crippen LogP contribution is -2.39. The average molecular weight is 556 g/mol. The van der Waals surface area contributed by atoms with Crippen molar-refractivity contribution < 1.29 is 13.2 Å². The molecule has 0 atom stereocenters. The SMILES string of the molecule is CC(=O)NS(=O)(=O)c1ccc(Nc2nc3c(c(=O)n(Cc4cc5c(Cl)cccc5[nH]4)c(=O)n3C)n2C)cc1. The number of halogens is 1. The summed E-state index contributed by atoms with van der Waals surface area (Å²) < 4.78 is 30.2. The van der Waals surface area contributed by atoms with Crippen LogP contribution >= 0.6 is 11.6 Å². The highest BCUT2D eigenvalue weighted by atomic mass is 35.5. The molecular formula is C24H22ClN7O5S. The quantitative estimate of drug-likeness (QED) is 0.290. The molecule has 1 amide bonds. The molecule has 3 N–H and O–H groups in total. The number of imidazole rings is 1. The maximum absolute atomic E-state index is 13.4. The molecule has 12 nitrogen and oxygen atoms in total. The van der Waals surface area contributed by atoms with Gasteiger partial charge in [-0.25, -0.2) is 17.9 Å². The normalized spacial score (nSPS) is 11.8. The topological polar surface area (TPSA) is 153 Å². The Hall–Kier alpha value is -4.36. The molecule has 5 aromatic rings. The number of aromatic amines is 1. The monoisotopic (exact) mass is 555 g/mol. The Morgan fingerprint density at radius 2 is 1.79 bits per heavy atom. The van der Waals surface area contributed by atoms with E-state index in [2.05, 4.69) is 15.3 Å². The van der Waals surface area contributed by atoms with Gasteiger partial charge >= 0.3 is 5.69 Å². The largest absolute Gasteiger partial charge is 0.357 e. The lowest BCUT2D eigenvalue weighted by Gasteiger charge is -2.09. The smallest absolute Gasteiger partial charge is 0.332 e. The summed E-state index contributed by atoms with van der Waals surface area (Å²) in [6, 6.07) is 12.9. The van der Waals surface area contributed by atoms with Gasteiger partial charge < -0.3 is 14.9 Å². The molecule has 0 radical (unpaired) electrons. The summed E-state index contributed by atoms with van der Waals surface area (Å²) in [4.78, 5) is 45.2. The van der Waals surface area contributed by atoms with Crippen molar-refractivity contribution in [2.24, 2.45) is 14.1 Å². The number of benzene rings is 2. The zero-order valence-corrected chi connectivity index (χ0v) is 22.0. The second kappa shape index (κ2) is 9.19. The van der Waals surface area contributed by atoms with Gasteiger partial charge in [-0.15, -0.1) is 0 Å². The van der Waals surface area contributed by atoms with Crippen molar-refractivity contribution in [3.05, 3.63) is 80.1 Å². The van der Waals surface area contributed by atoms with Crippen molar-refractivity contribution in [3.8, 4) is 0 Å². The van der Waals surface area contributed by atoms with E-state index in [0.717, 1.165) is 22.4 Å². The molecule has 2 aromatic carbocycles. The maximum atomic E-state index is 13.4. The number of sulfonamides is 1. The van der Waals surface area contributed by atoms with Crippen molar-refractivity contribution in [3.63, 3.8) is 0 Å². The molecule has 0 saturated carbocycles. The first kappa shape index (κ1) is 25.3. The molecule has 0 saturated heterocycles. The number of hydrogen-bond acceptors (Lipinski definition) is 7. The number of aryl methyl sites for hydroxylation is 2. The second-order valence-electron chi connectivity index (χ2n) is 8.71. The van der Waals surface area contributed by atoms with E-state index in [1.807, 2.05) is 16.9 Å². The molecule has 0 bridgehead atoms. The second-order valence-corrected chi connectivity index (χ2v) is 10.8. The molecule has 5 rings (SSSR count). The molecule has 0 unspecified atom stereocenters. The van der Waals surface area contributed by atoms with Crippen molar-refractivity contribution in [1.29, 1.82) is 0 Å². The Bertz CT molecular complexity index is 1970. The van der Waals surface area contributed by atoms with Crippen LogP contribution in [0.4, 0.5) is 11.6 Å². The summed E-state index contributed by atoms with van der Waals surface area (Å²) in [6.45, 7) is 1.11. The zero-order valence-electron chi connectivity index (χ0n) is 20.4. The van der Waals surface area contributed by atoms with E-state index in [0.29, 0.717) is 16.4 Å². The Morgan fingerprint density at radius 3 is 2.45 bits per heavy atom. The van der Waals surface area contributed by atoms with Crippen LogP contribution in [0.3, 0.4) is 0 Å². The van der Waals surface area contributed by atoms with Gasteiger partial charge in [0.25, 0.3) is 15.6 Å². The Balaban J connectivity index is 1.51. The number of aromatic nitrogens is 5. The van der Waals surface area contributed by atoms with Crippen LogP contribution in [0.25, 0.3) is 22.1 Å². The molecule has 14 heteroatoms. The highest BCUT2D eigenvalue weighted by Crippen LogP contribution is 2.24.